The normalized spacial score (nSPS) is 51.5. The number of hydrogen-bond acceptors (Lipinski definition) is 1. The molecule has 2 rings (SSSR count). The molecule has 0 bridgehead atoms. The molecule has 0 aliphatic heterocycles. The molecule has 3 unspecified atom stereocenters. The zero-order chi connectivity index (χ0) is 9.47. The van der Waals surface area contributed by atoms with Gasteiger partial charge in [-0.2, -0.15) is 0 Å². The third-order valence-electron chi connectivity index (χ3n) is 4.44. The Labute approximate surface area is 81.5 Å². The van der Waals surface area contributed by atoms with E-state index in [1.54, 1.807) is 0 Å². The second-order valence-corrected chi connectivity index (χ2v) is 5.43. The van der Waals surface area contributed by atoms with Gasteiger partial charge in [-0.3, -0.25) is 0 Å². The quantitative estimate of drug-likeness (QED) is 0.610. The summed E-state index contributed by atoms with van der Waals surface area (Å²) in [6.45, 7) is 4.43. The molecule has 0 spiro atoms. The fourth-order valence-electron chi connectivity index (χ4n) is 3.62. The van der Waals surface area contributed by atoms with Crippen molar-refractivity contribution in [2.75, 3.05) is 0 Å². The van der Waals surface area contributed by atoms with E-state index in [9.17, 15) is 5.11 Å². The van der Waals surface area contributed by atoms with E-state index in [0.717, 1.165) is 18.3 Å². The molecule has 0 aromatic rings. The first-order chi connectivity index (χ1) is 6.11. The number of aliphatic hydroxyl groups is 1. The van der Waals surface area contributed by atoms with Crippen molar-refractivity contribution in [3.8, 4) is 0 Å². The molecule has 1 nitrogen and oxygen atoms in total. The lowest BCUT2D eigenvalue weighted by Crippen LogP contribution is -2.46. The summed E-state index contributed by atoms with van der Waals surface area (Å²) in [5.74, 6) is 2.27. The smallest absolute Gasteiger partial charge is 0.0650 e. The zero-order valence-corrected chi connectivity index (χ0v) is 8.92. The summed E-state index contributed by atoms with van der Waals surface area (Å²) in [7, 11) is 0. The van der Waals surface area contributed by atoms with Crippen LogP contribution in [0.15, 0.2) is 0 Å². The van der Waals surface area contributed by atoms with Crippen molar-refractivity contribution >= 4 is 0 Å². The van der Waals surface area contributed by atoms with Crippen molar-refractivity contribution in [1.82, 2.24) is 0 Å². The summed E-state index contributed by atoms with van der Waals surface area (Å²) < 4.78 is 0. The van der Waals surface area contributed by atoms with Gasteiger partial charge in [0.1, 0.15) is 0 Å². The Hall–Kier alpha value is -0.0400. The molecule has 2 aliphatic carbocycles. The van der Waals surface area contributed by atoms with Crippen molar-refractivity contribution in [3.63, 3.8) is 0 Å². The second-order valence-electron chi connectivity index (χ2n) is 5.43. The van der Waals surface area contributed by atoms with Crippen molar-refractivity contribution < 1.29 is 5.11 Å². The molecule has 13 heavy (non-hydrogen) atoms. The van der Waals surface area contributed by atoms with Crippen molar-refractivity contribution in [2.24, 2.45) is 17.8 Å². The average molecular weight is 182 g/mol. The van der Waals surface area contributed by atoms with Crippen LogP contribution >= 0.6 is 0 Å². The molecule has 0 amide bonds. The minimum atomic E-state index is -0.350. The number of fused-ring (bicyclic) bond motifs is 1. The first-order valence-electron chi connectivity index (χ1n) is 5.83. The van der Waals surface area contributed by atoms with E-state index in [4.69, 9.17) is 0 Å². The summed E-state index contributed by atoms with van der Waals surface area (Å²) in [4.78, 5) is 0. The van der Waals surface area contributed by atoms with Gasteiger partial charge in [0, 0.05) is 0 Å². The van der Waals surface area contributed by atoms with Gasteiger partial charge in [0.2, 0.25) is 0 Å². The fourth-order valence-corrected chi connectivity index (χ4v) is 3.62. The fraction of sp³-hybridized carbons (Fsp3) is 1.00. The lowest BCUT2D eigenvalue weighted by molar-refractivity contribution is -0.0876. The van der Waals surface area contributed by atoms with Crippen LogP contribution in [0.3, 0.4) is 0 Å². The van der Waals surface area contributed by atoms with E-state index >= 15 is 0 Å². The van der Waals surface area contributed by atoms with E-state index in [-0.39, 0.29) is 5.60 Å². The number of hydrogen-bond donors (Lipinski definition) is 1. The Morgan fingerprint density at radius 2 is 1.92 bits per heavy atom. The highest BCUT2D eigenvalue weighted by molar-refractivity contribution is 4.94. The van der Waals surface area contributed by atoms with E-state index in [1.165, 1.54) is 32.1 Å². The van der Waals surface area contributed by atoms with Gasteiger partial charge < -0.3 is 5.11 Å². The zero-order valence-electron chi connectivity index (χ0n) is 8.92. The Bertz CT molecular complexity index is 186. The van der Waals surface area contributed by atoms with Crippen LogP contribution in [0.25, 0.3) is 0 Å². The lowest BCUT2D eigenvalue weighted by Gasteiger charge is -2.48. The summed E-state index contributed by atoms with van der Waals surface area (Å²) in [5, 5.41) is 10.3. The molecule has 1 heteroatoms. The molecule has 76 valence electrons. The summed E-state index contributed by atoms with van der Waals surface area (Å²) in [6.07, 6.45) is 7.61. The van der Waals surface area contributed by atoms with E-state index in [2.05, 4.69) is 13.8 Å². The van der Waals surface area contributed by atoms with Gasteiger partial charge >= 0.3 is 0 Å². The van der Waals surface area contributed by atoms with Gasteiger partial charge in [0.05, 0.1) is 5.60 Å². The van der Waals surface area contributed by atoms with Crippen molar-refractivity contribution in [1.29, 1.82) is 0 Å². The lowest BCUT2D eigenvalue weighted by atomic mass is 9.60. The van der Waals surface area contributed by atoms with Crippen LogP contribution in [0.5, 0.6) is 0 Å². The minimum Gasteiger partial charge on any atom is -0.390 e. The summed E-state index contributed by atoms with van der Waals surface area (Å²) >= 11 is 0. The third-order valence-corrected chi connectivity index (χ3v) is 4.44. The van der Waals surface area contributed by atoms with Crippen LogP contribution in [0.4, 0.5) is 0 Å². The second kappa shape index (κ2) is 3.27. The molecular formula is C12H22O. The molecule has 0 heterocycles. The molecule has 2 fully saturated rings. The van der Waals surface area contributed by atoms with Crippen LogP contribution in [-0.2, 0) is 0 Å². The van der Waals surface area contributed by atoms with Crippen LogP contribution in [0, 0.1) is 17.8 Å². The van der Waals surface area contributed by atoms with Crippen LogP contribution in [0.2, 0.25) is 0 Å². The Morgan fingerprint density at radius 3 is 2.62 bits per heavy atom. The monoisotopic (exact) mass is 182 g/mol. The van der Waals surface area contributed by atoms with Crippen molar-refractivity contribution in [2.45, 2.75) is 58.0 Å². The summed E-state index contributed by atoms with van der Waals surface area (Å²) in [5.41, 5.74) is -0.350. The average Bonchev–Trinajstić information content (AvgIpc) is 2.06. The van der Waals surface area contributed by atoms with E-state index in [1.807, 2.05) is 0 Å². The van der Waals surface area contributed by atoms with E-state index < -0.39 is 0 Å². The van der Waals surface area contributed by atoms with Gasteiger partial charge in [-0.25, -0.2) is 0 Å². The van der Waals surface area contributed by atoms with Gasteiger partial charge in [-0.05, 0) is 43.9 Å². The predicted molar refractivity (Wildman–Crippen MR) is 54.5 cm³/mol. The molecular weight excluding hydrogens is 160 g/mol. The van der Waals surface area contributed by atoms with Gasteiger partial charge in [0.25, 0.3) is 0 Å². The third kappa shape index (κ3) is 1.63. The Morgan fingerprint density at radius 1 is 1.15 bits per heavy atom. The molecule has 0 radical (unpaired) electrons. The topological polar surface area (TPSA) is 20.2 Å². The molecule has 2 aliphatic rings. The van der Waals surface area contributed by atoms with Gasteiger partial charge in [-0.15, -0.1) is 0 Å². The van der Waals surface area contributed by atoms with Crippen LogP contribution < -0.4 is 0 Å². The van der Waals surface area contributed by atoms with Gasteiger partial charge in [0.15, 0.2) is 0 Å². The first-order valence-corrected chi connectivity index (χ1v) is 5.83. The van der Waals surface area contributed by atoms with E-state index in [0.29, 0.717) is 5.92 Å². The maximum absolute atomic E-state index is 10.3. The molecule has 0 saturated heterocycles. The minimum absolute atomic E-state index is 0.350. The number of rotatable bonds is 0. The van der Waals surface area contributed by atoms with Crippen LogP contribution in [0.1, 0.15) is 52.4 Å². The molecule has 2 saturated carbocycles. The molecule has 0 aromatic carbocycles. The largest absolute Gasteiger partial charge is 0.390 e. The summed E-state index contributed by atoms with van der Waals surface area (Å²) in [6, 6.07) is 0. The highest BCUT2D eigenvalue weighted by atomic mass is 16.3. The highest BCUT2D eigenvalue weighted by Crippen LogP contribution is 2.48. The SMILES string of the molecule is CC1CCCC2C1CCC[C@@]2(C)O. The molecule has 0 aromatic heterocycles. The maximum Gasteiger partial charge on any atom is 0.0650 e. The first kappa shape index (κ1) is 9.51. The predicted octanol–water partition coefficient (Wildman–Crippen LogP) is 2.97. The van der Waals surface area contributed by atoms with Crippen LogP contribution in [-0.4, -0.2) is 10.7 Å². The van der Waals surface area contributed by atoms with Gasteiger partial charge in [-0.1, -0.05) is 26.2 Å². The Balaban J connectivity index is 2.14. The molecule has 4 atom stereocenters. The highest BCUT2D eigenvalue weighted by Gasteiger charge is 2.43. The Kier molecular flexibility index (Phi) is 2.39. The standard InChI is InChI=1S/C12H22O/c1-9-5-3-7-11-10(9)6-4-8-12(11,2)13/h9-11,13H,3-8H2,1-2H3/t9?,10?,11?,12-/m1/s1. The maximum atomic E-state index is 10.3. The van der Waals surface area contributed by atoms with Crippen molar-refractivity contribution in [3.05, 3.63) is 0 Å². The molecule has 1 N–H and O–H groups in total.